The zero-order valence-corrected chi connectivity index (χ0v) is 21.0. The number of rotatable bonds is 3. The number of aryl methyl sites for hydroxylation is 1. The van der Waals surface area contributed by atoms with Gasteiger partial charge in [0.05, 0.1) is 34.5 Å². The molecule has 3 aromatic heterocycles. The van der Waals surface area contributed by atoms with E-state index in [1.807, 2.05) is 66.4 Å². The van der Waals surface area contributed by atoms with Crippen molar-refractivity contribution >= 4 is 34.6 Å². The molecule has 198 valence electrons. The highest BCUT2D eigenvalue weighted by Gasteiger charge is 2.43. The van der Waals surface area contributed by atoms with Gasteiger partial charge in [-0.05, 0) is 61.5 Å². The van der Waals surface area contributed by atoms with Crippen molar-refractivity contribution in [2.45, 2.75) is 19.1 Å². The molecule has 5 heterocycles. The fraction of sp³-hybridized carbons (Fsp3) is 0.103. The molecular weight excluding hydrogens is 519 g/mol. The minimum absolute atomic E-state index is 0.227. The van der Waals surface area contributed by atoms with E-state index in [2.05, 4.69) is 10.3 Å². The van der Waals surface area contributed by atoms with E-state index in [1.54, 1.807) is 23.2 Å². The highest BCUT2D eigenvalue weighted by Crippen LogP contribution is 2.48. The summed E-state index contributed by atoms with van der Waals surface area (Å²) < 4.78 is 48.0. The predicted octanol–water partition coefficient (Wildman–Crippen LogP) is 6.98. The number of nitrogens with zero attached hydrogens (tertiary/aromatic N) is 6. The Morgan fingerprint density at radius 2 is 1.77 bits per heavy atom. The van der Waals surface area contributed by atoms with E-state index in [1.165, 1.54) is 6.07 Å². The lowest BCUT2D eigenvalue weighted by Gasteiger charge is -2.39. The minimum Gasteiger partial charge on any atom is -0.467 e. The lowest BCUT2D eigenvalue weighted by molar-refractivity contribution is -0.137. The van der Waals surface area contributed by atoms with Gasteiger partial charge in [0.15, 0.2) is 23.3 Å². The third kappa shape index (κ3) is 3.85. The fourth-order valence-electron chi connectivity index (χ4n) is 5.06. The van der Waals surface area contributed by atoms with Gasteiger partial charge in [-0.2, -0.15) is 23.0 Å². The van der Waals surface area contributed by atoms with Crippen LogP contribution in [0.15, 0.2) is 106 Å². The molecule has 1 N–H and O–H groups in total. The lowest BCUT2D eigenvalue weighted by Crippen LogP contribution is -2.46. The van der Waals surface area contributed by atoms with Crippen molar-refractivity contribution in [1.29, 1.82) is 0 Å². The number of aliphatic imine (C=N–C) groups is 2. The van der Waals surface area contributed by atoms with Crippen LogP contribution in [0.1, 0.15) is 28.6 Å². The summed E-state index contributed by atoms with van der Waals surface area (Å²) in [6.07, 6.45) is -1.21. The highest BCUT2D eigenvalue weighted by molar-refractivity contribution is 6.51. The summed E-state index contributed by atoms with van der Waals surface area (Å²) in [6.45, 7) is 1.90. The van der Waals surface area contributed by atoms with Gasteiger partial charge in [0, 0.05) is 11.9 Å². The molecule has 0 bridgehead atoms. The molecule has 0 saturated carbocycles. The molecule has 2 aromatic carbocycles. The number of pyridine rings is 1. The van der Waals surface area contributed by atoms with E-state index in [9.17, 15) is 13.2 Å². The van der Waals surface area contributed by atoms with E-state index >= 15 is 0 Å². The van der Waals surface area contributed by atoms with Crippen LogP contribution in [0.25, 0.3) is 5.82 Å². The van der Waals surface area contributed by atoms with Gasteiger partial charge in [-0.1, -0.05) is 24.3 Å². The molecule has 1 atom stereocenters. The average molecular weight is 540 g/mol. The van der Waals surface area contributed by atoms with Crippen molar-refractivity contribution in [2.75, 3.05) is 10.2 Å². The SMILES string of the molecule is Cc1nn(-c2ccccn2)c2c1[C@H](c1ccco1)N1C(=N2)C(Nc2cccc(C(F)(F)F)c2)=Nc2ccccc21. The maximum atomic E-state index is 13.5. The molecule has 0 unspecified atom stereocenters. The molecule has 0 fully saturated rings. The Bertz CT molecular complexity index is 1790. The largest absolute Gasteiger partial charge is 0.467 e. The molecule has 40 heavy (non-hydrogen) atoms. The Kier molecular flexibility index (Phi) is 5.34. The maximum absolute atomic E-state index is 13.5. The molecule has 11 heteroatoms. The molecule has 7 rings (SSSR count). The summed E-state index contributed by atoms with van der Waals surface area (Å²) in [5, 5.41) is 7.88. The highest BCUT2D eigenvalue weighted by atomic mass is 19.4. The molecule has 5 aromatic rings. The molecule has 2 aliphatic rings. The Morgan fingerprint density at radius 1 is 0.925 bits per heavy atom. The predicted molar refractivity (Wildman–Crippen MR) is 145 cm³/mol. The number of aromatic nitrogens is 3. The van der Waals surface area contributed by atoms with Crippen LogP contribution in [0.4, 0.5) is 36.1 Å². The Morgan fingerprint density at radius 3 is 2.55 bits per heavy atom. The molecule has 0 spiro atoms. The number of fused-ring (bicyclic) bond motifs is 4. The van der Waals surface area contributed by atoms with Gasteiger partial charge in [0.25, 0.3) is 0 Å². The number of furan rings is 1. The van der Waals surface area contributed by atoms with Gasteiger partial charge in [0.1, 0.15) is 11.8 Å². The second-order valence-electron chi connectivity index (χ2n) is 9.30. The first-order valence-electron chi connectivity index (χ1n) is 12.4. The first-order chi connectivity index (χ1) is 19.4. The fourth-order valence-corrected chi connectivity index (χ4v) is 5.06. The summed E-state index contributed by atoms with van der Waals surface area (Å²) in [5.74, 6) is 2.44. The smallest absolute Gasteiger partial charge is 0.416 e. The normalized spacial score (nSPS) is 16.0. The van der Waals surface area contributed by atoms with Crippen LogP contribution in [-0.4, -0.2) is 26.4 Å². The number of alkyl halides is 3. The molecule has 0 saturated heterocycles. The topological polar surface area (TPSA) is 83.8 Å². The summed E-state index contributed by atoms with van der Waals surface area (Å²) in [4.78, 5) is 16.3. The molecule has 8 nitrogen and oxygen atoms in total. The Balaban J connectivity index is 1.46. The molecule has 2 aliphatic heterocycles. The van der Waals surface area contributed by atoms with Gasteiger partial charge in [-0.3, -0.25) is 0 Å². The van der Waals surface area contributed by atoms with E-state index in [-0.39, 0.29) is 11.5 Å². The van der Waals surface area contributed by atoms with Crippen molar-refractivity contribution in [2.24, 2.45) is 9.98 Å². The number of amidine groups is 2. The average Bonchev–Trinajstić information content (AvgIpc) is 3.61. The first kappa shape index (κ1) is 23.9. The number of para-hydroxylation sites is 2. The van der Waals surface area contributed by atoms with E-state index < -0.39 is 17.8 Å². The second-order valence-corrected chi connectivity index (χ2v) is 9.30. The van der Waals surface area contributed by atoms with Crippen LogP contribution in [-0.2, 0) is 6.18 Å². The number of nitrogens with one attached hydrogen (secondary N) is 1. The van der Waals surface area contributed by atoms with Gasteiger partial charge in [0.2, 0.25) is 0 Å². The van der Waals surface area contributed by atoms with Crippen LogP contribution in [0.3, 0.4) is 0 Å². The van der Waals surface area contributed by atoms with Gasteiger partial charge in [-0.15, -0.1) is 0 Å². The monoisotopic (exact) mass is 539 g/mol. The standard InChI is InChI=1S/C29H20F3N7O/c1-17-24-25(22-12-7-15-40-22)38-21-11-3-2-10-20(21)35-26(34-19-9-6-8-18(16-19)29(30,31)32)28(38)36-27(24)39(37-17)23-13-4-5-14-33-23/h2-16,25H,1H3,(H,34,35)/t25-/m0/s1. The Labute approximate surface area is 226 Å². The summed E-state index contributed by atoms with van der Waals surface area (Å²) in [7, 11) is 0. The lowest BCUT2D eigenvalue weighted by atomic mass is 9.98. The van der Waals surface area contributed by atoms with Crippen LogP contribution in [0.2, 0.25) is 0 Å². The summed E-state index contributed by atoms with van der Waals surface area (Å²) in [5.41, 5.74) is 2.41. The van der Waals surface area contributed by atoms with Gasteiger partial charge in [-0.25, -0.2) is 15.0 Å². The van der Waals surface area contributed by atoms with Crippen LogP contribution < -0.4 is 10.2 Å². The third-order valence-corrected chi connectivity index (χ3v) is 6.77. The molecule has 0 aliphatic carbocycles. The second kappa shape index (κ2) is 8.94. The van der Waals surface area contributed by atoms with Crippen LogP contribution in [0, 0.1) is 6.92 Å². The number of benzene rings is 2. The van der Waals surface area contributed by atoms with Gasteiger partial charge >= 0.3 is 6.18 Å². The summed E-state index contributed by atoms with van der Waals surface area (Å²) in [6, 6.07) is 21.2. The Hall–Kier alpha value is -5.19. The molecule has 0 radical (unpaired) electrons. The van der Waals surface area contributed by atoms with Crippen molar-refractivity contribution in [3.63, 3.8) is 0 Å². The number of halogens is 3. The zero-order chi connectivity index (χ0) is 27.4. The third-order valence-electron chi connectivity index (χ3n) is 6.77. The van der Waals surface area contributed by atoms with Gasteiger partial charge < -0.3 is 14.6 Å². The number of hydrogen-bond donors (Lipinski definition) is 1. The van der Waals surface area contributed by atoms with Crippen molar-refractivity contribution in [3.8, 4) is 5.82 Å². The van der Waals surface area contributed by atoms with Crippen LogP contribution >= 0.6 is 0 Å². The number of hydrogen-bond acceptors (Lipinski definition) is 7. The number of anilines is 2. The zero-order valence-electron chi connectivity index (χ0n) is 21.0. The van der Waals surface area contributed by atoms with E-state index in [0.29, 0.717) is 28.9 Å². The van der Waals surface area contributed by atoms with Crippen molar-refractivity contribution < 1.29 is 17.6 Å². The maximum Gasteiger partial charge on any atom is 0.416 e. The van der Waals surface area contributed by atoms with Crippen molar-refractivity contribution in [3.05, 3.63) is 114 Å². The van der Waals surface area contributed by atoms with E-state index in [4.69, 9.17) is 19.5 Å². The molecule has 0 amide bonds. The first-order valence-corrected chi connectivity index (χ1v) is 12.4. The van der Waals surface area contributed by atoms with Crippen molar-refractivity contribution in [1.82, 2.24) is 14.8 Å². The minimum atomic E-state index is -4.49. The molecular formula is C29H20F3N7O. The van der Waals surface area contributed by atoms with E-state index in [0.717, 1.165) is 29.1 Å². The van der Waals surface area contributed by atoms with Crippen LogP contribution in [0.5, 0.6) is 0 Å². The summed E-state index contributed by atoms with van der Waals surface area (Å²) >= 11 is 0. The quantitative estimate of drug-likeness (QED) is 0.267.